The van der Waals surface area contributed by atoms with Crippen LogP contribution < -0.4 is 4.74 Å². The lowest BCUT2D eigenvalue weighted by Crippen LogP contribution is -2.40. The average molecular weight is 342 g/mol. The van der Waals surface area contributed by atoms with Gasteiger partial charge in [0.05, 0.1) is 13.7 Å². The van der Waals surface area contributed by atoms with E-state index in [1.165, 1.54) is 18.3 Å². The zero-order valence-corrected chi connectivity index (χ0v) is 14.8. The number of aryl methyl sites for hydroxylation is 2. The first-order valence-corrected chi connectivity index (χ1v) is 8.97. The summed E-state index contributed by atoms with van der Waals surface area (Å²) in [5.41, 5.74) is 1.30. The van der Waals surface area contributed by atoms with Gasteiger partial charge in [0.15, 0.2) is 0 Å². The second-order valence-electron chi connectivity index (χ2n) is 6.65. The van der Waals surface area contributed by atoms with Crippen LogP contribution in [-0.4, -0.2) is 45.8 Å². The second-order valence-corrected chi connectivity index (χ2v) is 6.65. The van der Waals surface area contributed by atoms with Gasteiger partial charge in [-0.1, -0.05) is 12.1 Å². The van der Waals surface area contributed by atoms with E-state index < -0.39 is 0 Å². The Morgan fingerprint density at radius 3 is 3.12 bits per heavy atom. The molecule has 0 aliphatic carbocycles. The molecule has 0 radical (unpaired) electrons. The first kappa shape index (κ1) is 17.5. The van der Waals surface area contributed by atoms with E-state index in [9.17, 15) is 4.79 Å². The Labute approximate surface area is 148 Å². The highest BCUT2D eigenvalue weighted by Gasteiger charge is 2.23. The van der Waals surface area contributed by atoms with Crippen molar-refractivity contribution in [3.8, 4) is 5.75 Å². The van der Waals surface area contributed by atoms with E-state index in [0.717, 1.165) is 38.1 Å². The molecule has 3 rings (SSSR count). The van der Waals surface area contributed by atoms with Crippen LogP contribution in [0.1, 0.15) is 31.2 Å². The van der Waals surface area contributed by atoms with E-state index in [4.69, 9.17) is 4.74 Å². The number of piperidine rings is 1. The van der Waals surface area contributed by atoms with Crippen LogP contribution in [0, 0.1) is 5.92 Å². The molecule has 1 atom stereocenters. The van der Waals surface area contributed by atoms with Crippen LogP contribution in [0.15, 0.2) is 36.9 Å². The molecule has 0 spiro atoms. The molecule has 1 fully saturated rings. The van der Waals surface area contributed by atoms with Crippen molar-refractivity contribution in [2.75, 3.05) is 20.2 Å². The third-order valence-electron chi connectivity index (χ3n) is 4.87. The van der Waals surface area contributed by atoms with Gasteiger partial charge in [-0.15, -0.1) is 0 Å². The maximum absolute atomic E-state index is 12.4. The zero-order valence-electron chi connectivity index (χ0n) is 14.8. The van der Waals surface area contributed by atoms with Crippen molar-refractivity contribution in [3.63, 3.8) is 0 Å². The number of benzene rings is 1. The Hall–Kier alpha value is -2.37. The number of ether oxygens (including phenoxy) is 1. The van der Waals surface area contributed by atoms with Crippen LogP contribution in [0.25, 0.3) is 0 Å². The molecular weight excluding hydrogens is 316 g/mol. The van der Waals surface area contributed by atoms with Gasteiger partial charge in [-0.05, 0) is 49.3 Å². The van der Waals surface area contributed by atoms with Crippen molar-refractivity contribution in [2.24, 2.45) is 5.92 Å². The fourth-order valence-electron chi connectivity index (χ4n) is 3.44. The van der Waals surface area contributed by atoms with Crippen LogP contribution in [0.4, 0.5) is 0 Å². The van der Waals surface area contributed by atoms with Crippen LogP contribution in [-0.2, 0) is 17.8 Å². The predicted octanol–water partition coefficient (Wildman–Crippen LogP) is 2.55. The number of carbonyl (C=O) groups is 1. The predicted molar refractivity (Wildman–Crippen MR) is 95.3 cm³/mol. The van der Waals surface area contributed by atoms with Gasteiger partial charge in [0.25, 0.3) is 0 Å². The van der Waals surface area contributed by atoms with Gasteiger partial charge >= 0.3 is 0 Å². The maximum atomic E-state index is 12.4. The van der Waals surface area contributed by atoms with Crippen molar-refractivity contribution in [1.29, 1.82) is 0 Å². The number of amides is 1. The summed E-state index contributed by atoms with van der Waals surface area (Å²) in [4.78, 5) is 18.4. The summed E-state index contributed by atoms with van der Waals surface area (Å²) < 4.78 is 7.00. The summed E-state index contributed by atoms with van der Waals surface area (Å²) in [6, 6.07) is 8.25. The van der Waals surface area contributed by atoms with Crippen molar-refractivity contribution in [2.45, 2.75) is 38.6 Å². The Bertz CT molecular complexity index is 672. The lowest BCUT2D eigenvalue weighted by Gasteiger charge is -2.33. The third kappa shape index (κ3) is 5.05. The number of carbonyl (C=O) groups excluding carboxylic acids is 1. The molecule has 1 saturated heterocycles. The average Bonchev–Trinajstić information content (AvgIpc) is 3.18. The highest BCUT2D eigenvalue weighted by Crippen LogP contribution is 2.23. The molecule has 1 aromatic heterocycles. The number of hydrogen-bond donors (Lipinski definition) is 0. The quantitative estimate of drug-likeness (QED) is 0.776. The summed E-state index contributed by atoms with van der Waals surface area (Å²) in [6.07, 6.45) is 8.09. The Kier molecular flexibility index (Phi) is 6.04. The second kappa shape index (κ2) is 8.65. The molecule has 1 aliphatic heterocycles. The third-order valence-corrected chi connectivity index (χ3v) is 4.87. The monoisotopic (exact) mass is 342 g/mol. The minimum absolute atomic E-state index is 0.224. The molecule has 25 heavy (non-hydrogen) atoms. The lowest BCUT2D eigenvalue weighted by molar-refractivity contribution is -0.133. The fraction of sp³-hybridized carbons (Fsp3) is 0.526. The number of likely N-dealkylation sites (tertiary alicyclic amines) is 1. The van der Waals surface area contributed by atoms with Crippen molar-refractivity contribution in [3.05, 3.63) is 42.5 Å². The minimum Gasteiger partial charge on any atom is -0.497 e. The first-order chi connectivity index (χ1) is 12.2. The standard InChI is InChI=1S/C19H26N4O2/c1-25-18-6-2-4-16(12-18)7-8-17-5-3-10-22(13-17)19(24)9-11-23-15-20-14-21-23/h2,4,6,12,14-15,17H,3,5,7-11,13H2,1H3. The van der Waals surface area contributed by atoms with Crippen LogP contribution in [0.5, 0.6) is 5.75 Å². The molecular formula is C19H26N4O2. The molecule has 1 aromatic carbocycles. The van der Waals surface area contributed by atoms with Gasteiger partial charge in [0, 0.05) is 19.5 Å². The molecule has 6 nitrogen and oxygen atoms in total. The molecule has 134 valence electrons. The van der Waals surface area contributed by atoms with Gasteiger partial charge in [-0.25, -0.2) is 4.98 Å². The van der Waals surface area contributed by atoms with Gasteiger partial charge < -0.3 is 9.64 Å². The Morgan fingerprint density at radius 1 is 1.40 bits per heavy atom. The molecule has 6 heteroatoms. The van der Waals surface area contributed by atoms with Gasteiger partial charge in [0.1, 0.15) is 18.4 Å². The molecule has 0 N–H and O–H groups in total. The summed E-state index contributed by atoms with van der Waals surface area (Å²) in [7, 11) is 1.70. The van der Waals surface area contributed by atoms with E-state index in [-0.39, 0.29) is 5.91 Å². The maximum Gasteiger partial charge on any atom is 0.224 e. The number of aromatic nitrogens is 3. The number of rotatable bonds is 7. The molecule has 2 heterocycles. The highest BCUT2D eigenvalue weighted by molar-refractivity contribution is 5.76. The fourth-order valence-corrected chi connectivity index (χ4v) is 3.44. The van der Waals surface area contributed by atoms with E-state index >= 15 is 0 Å². The van der Waals surface area contributed by atoms with E-state index in [2.05, 4.69) is 22.2 Å². The molecule has 0 saturated carbocycles. The number of methoxy groups -OCH3 is 1. The zero-order chi connectivity index (χ0) is 17.5. The molecule has 1 amide bonds. The van der Waals surface area contributed by atoms with E-state index in [1.807, 2.05) is 17.0 Å². The minimum atomic E-state index is 0.224. The van der Waals surface area contributed by atoms with Crippen molar-refractivity contribution < 1.29 is 9.53 Å². The topological polar surface area (TPSA) is 60.2 Å². The SMILES string of the molecule is COc1cccc(CCC2CCCN(C(=O)CCn3cncn3)C2)c1. The lowest BCUT2D eigenvalue weighted by atomic mass is 9.91. The normalized spacial score (nSPS) is 17.5. The van der Waals surface area contributed by atoms with Crippen LogP contribution >= 0.6 is 0 Å². The van der Waals surface area contributed by atoms with Crippen LogP contribution in [0.3, 0.4) is 0 Å². The smallest absolute Gasteiger partial charge is 0.224 e. The van der Waals surface area contributed by atoms with Gasteiger partial charge in [-0.2, -0.15) is 5.10 Å². The summed E-state index contributed by atoms with van der Waals surface area (Å²) in [5.74, 6) is 1.71. The molecule has 1 aliphatic rings. The molecule has 1 unspecified atom stereocenters. The highest BCUT2D eigenvalue weighted by atomic mass is 16.5. The summed E-state index contributed by atoms with van der Waals surface area (Å²) in [5, 5.41) is 4.05. The van der Waals surface area contributed by atoms with Gasteiger partial charge in [-0.3, -0.25) is 9.48 Å². The van der Waals surface area contributed by atoms with Crippen LogP contribution in [0.2, 0.25) is 0 Å². The van der Waals surface area contributed by atoms with Crippen molar-refractivity contribution >= 4 is 5.91 Å². The largest absolute Gasteiger partial charge is 0.497 e. The Morgan fingerprint density at radius 2 is 2.32 bits per heavy atom. The first-order valence-electron chi connectivity index (χ1n) is 8.97. The Balaban J connectivity index is 1.46. The number of hydrogen-bond acceptors (Lipinski definition) is 4. The van der Waals surface area contributed by atoms with E-state index in [0.29, 0.717) is 18.9 Å². The van der Waals surface area contributed by atoms with E-state index in [1.54, 1.807) is 18.1 Å². The molecule has 0 bridgehead atoms. The molecule has 2 aromatic rings. The van der Waals surface area contributed by atoms with Crippen molar-refractivity contribution in [1.82, 2.24) is 19.7 Å². The summed E-state index contributed by atoms with van der Waals surface area (Å²) in [6.45, 7) is 2.36. The van der Waals surface area contributed by atoms with Gasteiger partial charge in [0.2, 0.25) is 5.91 Å². The number of nitrogens with zero attached hydrogens (tertiary/aromatic N) is 4. The summed E-state index contributed by atoms with van der Waals surface area (Å²) >= 11 is 0.